The van der Waals surface area contributed by atoms with Gasteiger partial charge in [-0.2, -0.15) is 0 Å². The van der Waals surface area contributed by atoms with Crippen molar-refractivity contribution in [2.75, 3.05) is 6.67 Å². The van der Waals surface area contributed by atoms with Gasteiger partial charge in [0.25, 0.3) is 0 Å². The minimum atomic E-state index is -0.528. The average molecular weight is 114 g/mol. The van der Waals surface area contributed by atoms with E-state index in [2.05, 4.69) is 16.8 Å². The summed E-state index contributed by atoms with van der Waals surface area (Å²) in [5, 5.41) is 14.8. The predicted octanol–water partition coefficient (Wildman–Crippen LogP) is -0.985. The molecule has 43 valence electrons. The lowest BCUT2D eigenvalue weighted by Crippen LogP contribution is -2.17. The minimum absolute atomic E-state index is 0.0926. The fraction of sp³-hybridized carbons (Fsp3) is 0.333. The van der Waals surface area contributed by atoms with E-state index < -0.39 is 4.92 Å². The second-order valence-corrected chi connectivity index (χ2v) is 1.26. The van der Waals surface area contributed by atoms with E-state index in [4.69, 9.17) is 0 Å². The van der Waals surface area contributed by atoms with E-state index in [9.17, 15) is 10.1 Å². The van der Waals surface area contributed by atoms with Gasteiger partial charge < -0.3 is 15.4 Å². The van der Waals surface area contributed by atoms with Crippen LogP contribution < -0.4 is 10.6 Å². The van der Waals surface area contributed by atoms with Crippen molar-refractivity contribution in [2.45, 2.75) is 0 Å². The van der Waals surface area contributed by atoms with Gasteiger partial charge in [-0.25, -0.2) is 0 Å². The third kappa shape index (κ3) is 0.699. The highest BCUT2D eigenvalue weighted by molar-refractivity contribution is 4.85. The number of rotatable bonds is 1. The van der Waals surface area contributed by atoms with Crippen LogP contribution in [0.4, 0.5) is 0 Å². The summed E-state index contributed by atoms with van der Waals surface area (Å²) in [6.07, 6.45) is 2.31. The van der Waals surface area contributed by atoms with Crippen molar-refractivity contribution in [3.05, 3.63) is 22.1 Å². The zero-order valence-electron chi connectivity index (χ0n) is 3.97. The van der Waals surface area contributed by atoms with Crippen molar-refractivity contribution in [2.24, 2.45) is 0 Å². The van der Waals surface area contributed by atoms with E-state index in [1.807, 2.05) is 0 Å². The molecule has 5 nitrogen and oxygen atoms in total. The zero-order valence-corrected chi connectivity index (χ0v) is 3.97. The number of hydrogen-bond donors (Lipinski definition) is 2. The molecule has 1 rings (SSSR count). The molecule has 1 aliphatic heterocycles. The van der Waals surface area contributed by atoms with Gasteiger partial charge in [-0.3, -0.25) is 5.32 Å². The minimum Gasteiger partial charge on any atom is -0.358 e. The lowest BCUT2D eigenvalue weighted by molar-refractivity contribution is -0.431. The van der Waals surface area contributed by atoms with E-state index in [1.165, 1.54) is 0 Å². The predicted molar refractivity (Wildman–Crippen MR) is 24.9 cm³/mol. The van der Waals surface area contributed by atoms with Crippen LogP contribution in [-0.4, -0.2) is 11.6 Å². The lowest BCUT2D eigenvalue weighted by Gasteiger charge is -1.90. The van der Waals surface area contributed by atoms with Gasteiger partial charge in [0.15, 0.2) is 12.9 Å². The molecule has 1 radical (unpaired) electrons. The molecule has 5 heteroatoms. The smallest absolute Gasteiger partial charge is 0.343 e. The SMILES string of the molecule is O=[N+]([O-])C1=[C]NCN1. The fourth-order valence-electron chi connectivity index (χ4n) is 0.410. The topological polar surface area (TPSA) is 67.2 Å². The Balaban J connectivity index is 2.57. The Hall–Kier alpha value is -1.26. The van der Waals surface area contributed by atoms with Crippen LogP contribution in [0.15, 0.2) is 5.82 Å². The summed E-state index contributed by atoms with van der Waals surface area (Å²) < 4.78 is 0. The van der Waals surface area contributed by atoms with Crippen LogP contribution in [0.3, 0.4) is 0 Å². The maximum absolute atomic E-state index is 9.81. The molecular formula is C3H4N3O2. The van der Waals surface area contributed by atoms with E-state index in [1.54, 1.807) is 0 Å². The van der Waals surface area contributed by atoms with Gasteiger partial charge in [0.2, 0.25) is 0 Å². The maximum atomic E-state index is 9.81. The van der Waals surface area contributed by atoms with E-state index in [0.29, 0.717) is 6.67 Å². The Morgan fingerprint density at radius 2 is 2.62 bits per heavy atom. The van der Waals surface area contributed by atoms with Gasteiger partial charge >= 0.3 is 5.82 Å². The number of hydrogen-bond acceptors (Lipinski definition) is 4. The summed E-state index contributed by atoms with van der Waals surface area (Å²) in [5.74, 6) is -0.0926. The molecular weight excluding hydrogens is 110 g/mol. The van der Waals surface area contributed by atoms with Gasteiger partial charge in [0.05, 0.1) is 0 Å². The summed E-state index contributed by atoms with van der Waals surface area (Å²) in [6, 6.07) is 0. The second-order valence-electron chi connectivity index (χ2n) is 1.26. The largest absolute Gasteiger partial charge is 0.358 e. The van der Waals surface area contributed by atoms with Crippen molar-refractivity contribution < 1.29 is 4.92 Å². The van der Waals surface area contributed by atoms with E-state index in [-0.39, 0.29) is 5.82 Å². The molecule has 0 saturated carbocycles. The van der Waals surface area contributed by atoms with E-state index in [0.717, 1.165) is 0 Å². The zero-order chi connectivity index (χ0) is 5.98. The Kier molecular flexibility index (Phi) is 1.03. The Bertz CT molecular complexity index is 141. The van der Waals surface area contributed by atoms with Crippen LogP contribution >= 0.6 is 0 Å². The molecule has 0 aromatic heterocycles. The molecule has 1 heterocycles. The first-order valence-electron chi connectivity index (χ1n) is 2.05. The van der Waals surface area contributed by atoms with Gasteiger partial charge in [0, 0.05) is 0 Å². The van der Waals surface area contributed by atoms with Gasteiger partial charge in [-0.05, 0) is 4.92 Å². The maximum Gasteiger partial charge on any atom is 0.343 e. The fourth-order valence-corrected chi connectivity index (χ4v) is 0.410. The molecule has 0 aromatic rings. The Morgan fingerprint density at radius 1 is 1.88 bits per heavy atom. The molecule has 0 bridgehead atoms. The Morgan fingerprint density at radius 3 is 2.88 bits per heavy atom. The molecule has 0 unspecified atom stereocenters. The molecule has 0 spiro atoms. The highest BCUT2D eigenvalue weighted by Gasteiger charge is 2.11. The van der Waals surface area contributed by atoms with Crippen LogP contribution in [-0.2, 0) is 0 Å². The first-order valence-corrected chi connectivity index (χ1v) is 2.05. The van der Waals surface area contributed by atoms with Gasteiger partial charge in [-0.15, -0.1) is 0 Å². The lowest BCUT2D eigenvalue weighted by atomic mass is 10.8. The molecule has 0 aromatic carbocycles. The monoisotopic (exact) mass is 114 g/mol. The summed E-state index contributed by atoms with van der Waals surface area (Å²) in [4.78, 5) is 9.28. The standard InChI is InChI=1S/C3H4N3O2/c7-6(8)3-1-4-2-5-3/h4-5H,2H2. The third-order valence-electron chi connectivity index (χ3n) is 0.734. The summed E-state index contributed by atoms with van der Waals surface area (Å²) in [5.41, 5.74) is 0. The van der Waals surface area contributed by atoms with Crippen LogP contribution in [0, 0.1) is 16.3 Å². The van der Waals surface area contributed by atoms with Crippen LogP contribution in [0.5, 0.6) is 0 Å². The quantitative estimate of drug-likeness (QED) is 0.339. The van der Waals surface area contributed by atoms with Gasteiger partial charge in [-0.1, -0.05) is 0 Å². The number of nitrogens with zero attached hydrogens (tertiary/aromatic N) is 1. The number of nitro groups is 1. The summed E-state index contributed by atoms with van der Waals surface area (Å²) in [7, 11) is 0. The molecule has 2 N–H and O–H groups in total. The van der Waals surface area contributed by atoms with E-state index >= 15 is 0 Å². The highest BCUT2D eigenvalue weighted by atomic mass is 16.6. The third-order valence-corrected chi connectivity index (χ3v) is 0.734. The van der Waals surface area contributed by atoms with Crippen LogP contribution in [0.1, 0.15) is 0 Å². The van der Waals surface area contributed by atoms with Gasteiger partial charge in [0.1, 0.15) is 0 Å². The second kappa shape index (κ2) is 1.69. The molecule has 1 aliphatic rings. The molecule has 0 saturated heterocycles. The molecule has 0 atom stereocenters. The summed E-state index contributed by atoms with van der Waals surface area (Å²) in [6.45, 7) is 0.399. The normalized spacial score (nSPS) is 16.2. The molecule has 0 amide bonds. The highest BCUT2D eigenvalue weighted by Crippen LogP contribution is 1.89. The average Bonchev–Trinajstić information content (AvgIpc) is 2.12. The van der Waals surface area contributed by atoms with Crippen LogP contribution in [0.25, 0.3) is 0 Å². The van der Waals surface area contributed by atoms with Crippen molar-refractivity contribution in [1.29, 1.82) is 0 Å². The molecule has 0 aliphatic carbocycles. The summed E-state index contributed by atoms with van der Waals surface area (Å²) >= 11 is 0. The van der Waals surface area contributed by atoms with Crippen molar-refractivity contribution in [3.8, 4) is 0 Å². The van der Waals surface area contributed by atoms with Crippen molar-refractivity contribution in [1.82, 2.24) is 10.6 Å². The Labute approximate surface area is 45.5 Å². The number of nitrogens with one attached hydrogen (secondary N) is 2. The molecule has 0 fully saturated rings. The van der Waals surface area contributed by atoms with Crippen molar-refractivity contribution in [3.63, 3.8) is 0 Å². The first kappa shape index (κ1) is 4.89. The van der Waals surface area contributed by atoms with Crippen molar-refractivity contribution >= 4 is 0 Å². The molecule has 8 heavy (non-hydrogen) atoms. The first-order chi connectivity index (χ1) is 3.80. The van der Waals surface area contributed by atoms with Crippen LogP contribution in [0.2, 0.25) is 0 Å².